The molecular weight excluding hydrogens is 418 g/mol. The summed E-state index contributed by atoms with van der Waals surface area (Å²) in [6, 6.07) is -0.257. The van der Waals surface area contributed by atoms with E-state index < -0.39 is 8.32 Å². The predicted molar refractivity (Wildman–Crippen MR) is 128 cm³/mol. The monoisotopic (exact) mass is 457 g/mol. The number of ether oxygens (including phenoxy) is 1. The van der Waals surface area contributed by atoms with Crippen molar-refractivity contribution in [3.8, 4) is 0 Å². The molecule has 0 amide bonds. The van der Waals surface area contributed by atoms with Crippen molar-refractivity contribution in [2.45, 2.75) is 120 Å². The highest BCUT2D eigenvalue weighted by Gasteiger charge is 2.67. The molecular formula is C25H39N3O3Si. The third kappa shape index (κ3) is 2.98. The molecule has 2 spiro atoms. The summed E-state index contributed by atoms with van der Waals surface area (Å²) >= 11 is 0. The van der Waals surface area contributed by atoms with Crippen LogP contribution in [0.25, 0.3) is 10.4 Å². The number of aliphatic hydroxyl groups is 1. The van der Waals surface area contributed by atoms with E-state index in [1.807, 2.05) is 0 Å². The fraction of sp³-hybridized carbons (Fsp3) is 0.840. The van der Waals surface area contributed by atoms with Gasteiger partial charge in [-0.3, -0.25) is 0 Å². The lowest BCUT2D eigenvalue weighted by atomic mass is 9.58. The van der Waals surface area contributed by atoms with Gasteiger partial charge in [-0.25, -0.2) is 0 Å². The average Bonchev–Trinajstić information content (AvgIpc) is 3.17. The van der Waals surface area contributed by atoms with Gasteiger partial charge < -0.3 is 14.3 Å². The van der Waals surface area contributed by atoms with Crippen molar-refractivity contribution in [2.75, 3.05) is 0 Å². The molecule has 0 radical (unpaired) electrons. The van der Waals surface area contributed by atoms with E-state index in [1.54, 1.807) is 0 Å². The Morgan fingerprint density at radius 2 is 2.00 bits per heavy atom. The Balaban J connectivity index is 1.55. The van der Waals surface area contributed by atoms with Crippen LogP contribution in [-0.4, -0.2) is 42.9 Å². The third-order valence-electron chi connectivity index (χ3n) is 10.2. The van der Waals surface area contributed by atoms with E-state index in [9.17, 15) is 10.6 Å². The van der Waals surface area contributed by atoms with Gasteiger partial charge in [0.05, 0.1) is 29.5 Å². The van der Waals surface area contributed by atoms with Gasteiger partial charge in [0, 0.05) is 4.91 Å². The van der Waals surface area contributed by atoms with E-state index in [0.29, 0.717) is 12.3 Å². The highest BCUT2D eigenvalue weighted by atomic mass is 28.4. The lowest BCUT2D eigenvalue weighted by Gasteiger charge is -2.55. The van der Waals surface area contributed by atoms with Gasteiger partial charge in [0.2, 0.25) is 0 Å². The van der Waals surface area contributed by atoms with Crippen LogP contribution in [0.15, 0.2) is 28.4 Å². The van der Waals surface area contributed by atoms with Gasteiger partial charge >= 0.3 is 0 Å². The maximum atomic E-state index is 10.8. The SMILES string of the molecule is CC(C)(C)[Si](C)(C)O[C@H]1C=C2C=C3CC[C@@]4(C)[C@@H](CC[C@@H]4O)[C@@]34CC[C@]2(C[C@@H]1N=[N+]=[N-])O4. The molecule has 7 heteroatoms. The maximum absolute atomic E-state index is 10.8. The van der Waals surface area contributed by atoms with Gasteiger partial charge in [-0.1, -0.05) is 45.0 Å². The average molecular weight is 458 g/mol. The Morgan fingerprint density at radius 3 is 2.69 bits per heavy atom. The number of aliphatic hydroxyl groups excluding tert-OH is 1. The normalized spacial score (nSPS) is 45.2. The number of hydrogen-bond donors (Lipinski definition) is 1. The molecule has 0 aromatic rings. The summed E-state index contributed by atoms with van der Waals surface area (Å²) in [5, 5.41) is 15.1. The van der Waals surface area contributed by atoms with Gasteiger partial charge in [-0.05, 0) is 91.1 Å². The van der Waals surface area contributed by atoms with Crippen molar-refractivity contribution in [1.29, 1.82) is 0 Å². The van der Waals surface area contributed by atoms with Crippen LogP contribution in [-0.2, 0) is 9.16 Å². The molecule has 1 saturated heterocycles. The summed E-state index contributed by atoms with van der Waals surface area (Å²) in [6.45, 7) is 13.5. The van der Waals surface area contributed by atoms with E-state index in [4.69, 9.17) is 9.16 Å². The molecule has 2 bridgehead atoms. The number of hydrogen-bond acceptors (Lipinski definition) is 4. The van der Waals surface area contributed by atoms with Crippen LogP contribution in [0, 0.1) is 11.3 Å². The van der Waals surface area contributed by atoms with Crippen LogP contribution in [0.2, 0.25) is 18.1 Å². The summed E-state index contributed by atoms with van der Waals surface area (Å²) in [5.74, 6) is 0.366. The van der Waals surface area contributed by atoms with Crippen molar-refractivity contribution >= 4 is 8.32 Å². The summed E-state index contributed by atoms with van der Waals surface area (Å²) in [7, 11) is -2.03. The fourth-order valence-corrected chi connectivity index (χ4v) is 8.45. The smallest absolute Gasteiger partial charge is 0.192 e. The first-order valence-electron chi connectivity index (χ1n) is 12.4. The second-order valence-corrected chi connectivity index (χ2v) is 17.5. The van der Waals surface area contributed by atoms with E-state index in [-0.39, 0.29) is 39.9 Å². The zero-order valence-electron chi connectivity index (χ0n) is 20.5. The summed E-state index contributed by atoms with van der Waals surface area (Å²) < 4.78 is 13.9. The number of fused-ring (bicyclic) bond motifs is 1. The molecule has 1 N–H and O–H groups in total. The van der Waals surface area contributed by atoms with Crippen LogP contribution in [0.5, 0.6) is 0 Å². The van der Waals surface area contributed by atoms with Crippen molar-refractivity contribution in [1.82, 2.24) is 0 Å². The minimum atomic E-state index is -2.03. The molecule has 0 unspecified atom stereocenters. The molecule has 3 fully saturated rings. The predicted octanol–water partition coefficient (Wildman–Crippen LogP) is 6.18. The first-order valence-corrected chi connectivity index (χ1v) is 15.3. The molecule has 5 aliphatic rings. The zero-order valence-corrected chi connectivity index (χ0v) is 21.5. The lowest BCUT2D eigenvalue weighted by molar-refractivity contribution is -0.152. The Bertz CT molecular complexity index is 933. The Morgan fingerprint density at radius 1 is 1.25 bits per heavy atom. The number of nitrogens with zero attached hydrogens (tertiary/aromatic N) is 3. The lowest BCUT2D eigenvalue weighted by Crippen LogP contribution is -2.57. The fourth-order valence-electron chi connectivity index (χ4n) is 7.19. The van der Waals surface area contributed by atoms with Crippen LogP contribution < -0.4 is 0 Å². The van der Waals surface area contributed by atoms with Gasteiger partial charge in [-0.15, -0.1) is 0 Å². The van der Waals surface area contributed by atoms with Crippen LogP contribution in [0.1, 0.15) is 72.6 Å². The number of azide groups is 1. The minimum Gasteiger partial charge on any atom is -0.410 e. The highest BCUT2D eigenvalue weighted by Crippen LogP contribution is 2.67. The molecule has 7 atom stereocenters. The van der Waals surface area contributed by atoms with Crippen molar-refractivity contribution in [3.05, 3.63) is 33.7 Å². The standard InChI is InChI=1S/C25H39N3O3Si/c1-22(2,3)32(5,6)30-19-14-17-13-16-9-10-23(4)20(7-8-21(23)29)25(16)12-11-24(17,31-25)15-18(19)27-28-26/h13-14,18-21,29H,7-12,15H2,1-6H3/t18-,19-,20+,21-,23-,24+,25+/m0/s1. The van der Waals surface area contributed by atoms with Crippen molar-refractivity contribution in [2.24, 2.45) is 16.4 Å². The van der Waals surface area contributed by atoms with E-state index >= 15 is 0 Å². The molecule has 5 rings (SSSR count). The van der Waals surface area contributed by atoms with Crippen LogP contribution in [0.4, 0.5) is 0 Å². The van der Waals surface area contributed by atoms with Crippen molar-refractivity contribution < 1.29 is 14.3 Å². The maximum Gasteiger partial charge on any atom is 0.192 e. The van der Waals surface area contributed by atoms with Crippen molar-refractivity contribution in [3.63, 3.8) is 0 Å². The molecule has 2 heterocycles. The zero-order chi connectivity index (χ0) is 23.2. The largest absolute Gasteiger partial charge is 0.410 e. The summed E-state index contributed by atoms with van der Waals surface area (Å²) in [5.41, 5.74) is 11.3. The van der Waals surface area contributed by atoms with Gasteiger partial charge in [0.1, 0.15) is 0 Å². The second-order valence-electron chi connectivity index (χ2n) is 12.7. The van der Waals surface area contributed by atoms with Crippen LogP contribution >= 0.6 is 0 Å². The van der Waals surface area contributed by atoms with Gasteiger partial charge in [-0.2, -0.15) is 0 Å². The first kappa shape index (κ1) is 22.7. The third-order valence-corrected chi connectivity index (χ3v) is 14.6. The Hall–Kier alpha value is -1.11. The van der Waals surface area contributed by atoms with E-state index in [1.165, 1.54) is 11.1 Å². The molecule has 0 aromatic heterocycles. The quantitative estimate of drug-likeness (QED) is 0.237. The summed E-state index contributed by atoms with van der Waals surface area (Å²) in [6.07, 6.45) is 10.8. The minimum absolute atomic E-state index is 0.0586. The number of rotatable bonds is 3. The Kier molecular flexibility index (Phi) is 4.93. The molecule has 32 heavy (non-hydrogen) atoms. The second kappa shape index (κ2) is 6.95. The van der Waals surface area contributed by atoms with Crippen LogP contribution in [0.3, 0.4) is 0 Å². The molecule has 176 valence electrons. The van der Waals surface area contributed by atoms with Gasteiger partial charge in [0.15, 0.2) is 8.32 Å². The topological polar surface area (TPSA) is 87.5 Å². The van der Waals surface area contributed by atoms with E-state index in [0.717, 1.165) is 38.5 Å². The van der Waals surface area contributed by atoms with E-state index in [2.05, 4.69) is 63.0 Å². The Labute approximate surface area is 193 Å². The molecule has 3 aliphatic carbocycles. The highest BCUT2D eigenvalue weighted by molar-refractivity contribution is 6.74. The molecule has 6 nitrogen and oxygen atoms in total. The molecule has 2 aliphatic heterocycles. The molecule has 0 aromatic carbocycles. The summed E-state index contributed by atoms with van der Waals surface area (Å²) in [4.78, 5) is 3.20. The molecule has 2 saturated carbocycles. The van der Waals surface area contributed by atoms with Gasteiger partial charge in [0.25, 0.3) is 0 Å². The first-order chi connectivity index (χ1) is 14.9.